The first-order chi connectivity index (χ1) is 9.20. The van der Waals surface area contributed by atoms with Gasteiger partial charge < -0.3 is 15.4 Å². The van der Waals surface area contributed by atoms with Crippen molar-refractivity contribution >= 4 is 0 Å². The van der Waals surface area contributed by atoms with Gasteiger partial charge in [0.25, 0.3) is 0 Å². The molecule has 0 radical (unpaired) electrons. The van der Waals surface area contributed by atoms with Crippen molar-refractivity contribution in [3.8, 4) is 5.75 Å². The second-order valence-electron chi connectivity index (χ2n) is 5.43. The molecule has 0 bridgehead atoms. The fourth-order valence-corrected chi connectivity index (χ4v) is 2.75. The van der Waals surface area contributed by atoms with Gasteiger partial charge in [-0.15, -0.1) is 0 Å². The van der Waals surface area contributed by atoms with E-state index in [9.17, 15) is 0 Å². The van der Waals surface area contributed by atoms with Crippen molar-refractivity contribution < 1.29 is 4.74 Å². The number of piperidine rings is 1. The van der Waals surface area contributed by atoms with Gasteiger partial charge in [-0.2, -0.15) is 0 Å². The maximum absolute atomic E-state index is 6.34. The summed E-state index contributed by atoms with van der Waals surface area (Å²) in [4.78, 5) is 2.49. The fraction of sp³-hybridized carbons (Fsp3) is 0.625. The molecule has 2 rings (SSSR count). The lowest BCUT2D eigenvalue weighted by Crippen LogP contribution is -2.36. The zero-order chi connectivity index (χ0) is 13.7. The van der Waals surface area contributed by atoms with Crippen LogP contribution in [0.3, 0.4) is 0 Å². The molecule has 2 N–H and O–H groups in total. The Morgan fingerprint density at radius 3 is 2.63 bits per heavy atom. The van der Waals surface area contributed by atoms with Gasteiger partial charge >= 0.3 is 0 Å². The molecule has 0 amide bonds. The number of benzene rings is 1. The first-order valence-corrected chi connectivity index (χ1v) is 7.42. The summed E-state index contributed by atoms with van der Waals surface area (Å²) in [6.07, 6.45) is 4.00. The van der Waals surface area contributed by atoms with Gasteiger partial charge in [-0.25, -0.2) is 0 Å². The third-order valence-electron chi connectivity index (χ3n) is 3.83. The van der Waals surface area contributed by atoms with E-state index in [1.807, 2.05) is 13.0 Å². The van der Waals surface area contributed by atoms with Gasteiger partial charge in [0.15, 0.2) is 0 Å². The highest BCUT2D eigenvalue weighted by atomic mass is 16.5. The topological polar surface area (TPSA) is 38.5 Å². The van der Waals surface area contributed by atoms with Crippen LogP contribution in [0.4, 0.5) is 0 Å². The molecule has 0 saturated carbocycles. The highest BCUT2D eigenvalue weighted by Gasteiger charge is 2.15. The Balaban J connectivity index is 1.98. The number of hydrogen-bond donors (Lipinski definition) is 1. The average Bonchev–Trinajstić information content (AvgIpc) is 2.42. The van der Waals surface area contributed by atoms with Crippen molar-refractivity contribution in [3.63, 3.8) is 0 Å². The van der Waals surface area contributed by atoms with Gasteiger partial charge in [0, 0.05) is 12.6 Å². The number of likely N-dealkylation sites (tertiary alicyclic amines) is 1. The molecule has 106 valence electrons. The molecule has 3 nitrogen and oxygen atoms in total. The number of nitrogens with two attached hydrogens (primary N) is 1. The minimum Gasteiger partial charge on any atom is -0.494 e. The van der Waals surface area contributed by atoms with Crippen LogP contribution in [0.1, 0.15) is 43.4 Å². The first kappa shape index (κ1) is 14.4. The summed E-state index contributed by atoms with van der Waals surface area (Å²) < 4.78 is 5.57. The Morgan fingerprint density at radius 2 is 2.00 bits per heavy atom. The van der Waals surface area contributed by atoms with Crippen LogP contribution in [-0.4, -0.2) is 31.1 Å². The van der Waals surface area contributed by atoms with Gasteiger partial charge in [-0.05, 0) is 57.0 Å². The van der Waals surface area contributed by atoms with Crippen molar-refractivity contribution in [2.45, 2.75) is 39.2 Å². The highest BCUT2D eigenvalue weighted by molar-refractivity contribution is 5.37. The number of ether oxygens (including phenoxy) is 1. The van der Waals surface area contributed by atoms with Crippen molar-refractivity contribution in [3.05, 3.63) is 29.3 Å². The number of hydrogen-bond acceptors (Lipinski definition) is 3. The van der Waals surface area contributed by atoms with E-state index in [0.29, 0.717) is 6.61 Å². The molecule has 3 heteroatoms. The van der Waals surface area contributed by atoms with Crippen LogP contribution in [0, 0.1) is 6.92 Å². The number of rotatable bonds is 5. The molecule has 1 atom stereocenters. The normalized spacial score (nSPS) is 18.3. The molecule has 1 aliphatic heterocycles. The van der Waals surface area contributed by atoms with Crippen LogP contribution >= 0.6 is 0 Å². The van der Waals surface area contributed by atoms with Crippen molar-refractivity contribution in [2.75, 3.05) is 26.2 Å². The lowest BCUT2D eigenvalue weighted by molar-refractivity contribution is 0.216. The molecular formula is C16H26N2O. The van der Waals surface area contributed by atoms with E-state index in [-0.39, 0.29) is 6.04 Å². The zero-order valence-electron chi connectivity index (χ0n) is 12.2. The molecule has 1 aromatic rings. The Morgan fingerprint density at radius 1 is 1.26 bits per heavy atom. The van der Waals surface area contributed by atoms with Gasteiger partial charge in [-0.1, -0.05) is 18.6 Å². The van der Waals surface area contributed by atoms with Crippen molar-refractivity contribution in [2.24, 2.45) is 5.73 Å². The third kappa shape index (κ3) is 3.95. The Hall–Kier alpha value is -1.06. The molecule has 19 heavy (non-hydrogen) atoms. The Bertz CT molecular complexity index is 400. The second kappa shape index (κ2) is 6.92. The summed E-state index contributed by atoms with van der Waals surface area (Å²) >= 11 is 0. The average molecular weight is 262 g/mol. The van der Waals surface area contributed by atoms with Crippen LogP contribution in [0.5, 0.6) is 5.75 Å². The van der Waals surface area contributed by atoms with Crippen molar-refractivity contribution in [1.29, 1.82) is 0 Å². The van der Waals surface area contributed by atoms with Gasteiger partial charge in [0.1, 0.15) is 5.75 Å². The minimum absolute atomic E-state index is 0.104. The minimum atomic E-state index is 0.104. The van der Waals surface area contributed by atoms with Crippen LogP contribution < -0.4 is 10.5 Å². The van der Waals surface area contributed by atoms with E-state index in [2.05, 4.69) is 24.0 Å². The standard InChI is InChI=1S/C16H26N2O/c1-3-19-16-8-7-14(11-13(16)2)15(17)12-18-9-5-4-6-10-18/h7-8,11,15H,3-6,9-10,12,17H2,1-2H3. The molecule has 1 aliphatic rings. The SMILES string of the molecule is CCOc1ccc(C(N)CN2CCCCC2)cc1C. The van der Waals surface area contributed by atoms with E-state index >= 15 is 0 Å². The number of nitrogens with zero attached hydrogens (tertiary/aromatic N) is 1. The van der Waals surface area contributed by atoms with Crippen LogP contribution in [-0.2, 0) is 0 Å². The van der Waals surface area contributed by atoms with Crippen LogP contribution in [0.2, 0.25) is 0 Å². The summed E-state index contributed by atoms with van der Waals surface area (Å²) in [7, 11) is 0. The monoisotopic (exact) mass is 262 g/mol. The molecule has 1 aromatic carbocycles. The van der Waals surface area contributed by atoms with Crippen molar-refractivity contribution in [1.82, 2.24) is 4.90 Å². The summed E-state index contributed by atoms with van der Waals surface area (Å²) in [5, 5.41) is 0. The Kier molecular flexibility index (Phi) is 5.23. The predicted octanol–water partition coefficient (Wildman–Crippen LogP) is 2.88. The smallest absolute Gasteiger partial charge is 0.122 e. The molecule has 0 spiro atoms. The van der Waals surface area contributed by atoms with Gasteiger partial charge in [-0.3, -0.25) is 0 Å². The summed E-state index contributed by atoms with van der Waals surface area (Å²) in [6, 6.07) is 6.42. The summed E-state index contributed by atoms with van der Waals surface area (Å²) in [5.41, 5.74) is 8.73. The maximum atomic E-state index is 6.34. The van der Waals surface area contributed by atoms with Gasteiger partial charge in [0.2, 0.25) is 0 Å². The van der Waals surface area contributed by atoms with E-state index in [0.717, 1.165) is 12.3 Å². The molecule has 1 fully saturated rings. The maximum Gasteiger partial charge on any atom is 0.122 e. The molecule has 1 heterocycles. The highest BCUT2D eigenvalue weighted by Crippen LogP contribution is 2.23. The summed E-state index contributed by atoms with van der Waals surface area (Å²) in [6.45, 7) is 8.17. The lowest BCUT2D eigenvalue weighted by Gasteiger charge is -2.29. The van der Waals surface area contributed by atoms with E-state index in [1.54, 1.807) is 0 Å². The molecule has 0 aromatic heterocycles. The van der Waals surface area contributed by atoms with E-state index in [1.165, 1.54) is 43.5 Å². The summed E-state index contributed by atoms with van der Waals surface area (Å²) in [5.74, 6) is 0.969. The third-order valence-corrected chi connectivity index (χ3v) is 3.83. The number of aryl methyl sites for hydroxylation is 1. The van der Waals surface area contributed by atoms with E-state index < -0.39 is 0 Å². The van der Waals surface area contributed by atoms with Crippen LogP contribution in [0.15, 0.2) is 18.2 Å². The largest absolute Gasteiger partial charge is 0.494 e. The predicted molar refractivity (Wildman–Crippen MR) is 79.6 cm³/mol. The molecular weight excluding hydrogens is 236 g/mol. The van der Waals surface area contributed by atoms with E-state index in [4.69, 9.17) is 10.5 Å². The quantitative estimate of drug-likeness (QED) is 0.886. The molecule has 0 aliphatic carbocycles. The first-order valence-electron chi connectivity index (χ1n) is 7.42. The Labute approximate surface area is 116 Å². The zero-order valence-corrected chi connectivity index (χ0v) is 12.2. The fourth-order valence-electron chi connectivity index (χ4n) is 2.75. The molecule has 1 unspecified atom stereocenters. The van der Waals surface area contributed by atoms with Crippen LogP contribution in [0.25, 0.3) is 0 Å². The second-order valence-corrected chi connectivity index (χ2v) is 5.43. The van der Waals surface area contributed by atoms with Gasteiger partial charge in [0.05, 0.1) is 6.61 Å². The lowest BCUT2D eigenvalue weighted by atomic mass is 10.0. The molecule has 1 saturated heterocycles.